The first-order valence-corrected chi connectivity index (χ1v) is 8.22. The molecule has 19 heavy (non-hydrogen) atoms. The molecule has 0 unspecified atom stereocenters. The Balaban J connectivity index is 1.81. The summed E-state index contributed by atoms with van der Waals surface area (Å²) >= 11 is 0. The number of hydrogen-bond donors (Lipinski definition) is 2. The standard InChI is InChI=1S/C13H18N2O3S/c1-19(17,18)10-13(7-8-13)9-14-12(16)15-11-5-3-2-4-6-11/h2-6H,7-10H2,1H3,(H2,14,15,16). The average Bonchev–Trinajstić information content (AvgIpc) is 3.06. The fraction of sp³-hybridized carbons (Fsp3) is 0.462. The third-order valence-corrected chi connectivity index (χ3v) is 4.32. The van der Waals surface area contributed by atoms with Crippen molar-refractivity contribution >= 4 is 21.6 Å². The van der Waals surface area contributed by atoms with Crippen LogP contribution < -0.4 is 10.6 Å². The molecule has 0 saturated heterocycles. The zero-order valence-corrected chi connectivity index (χ0v) is 11.7. The van der Waals surface area contributed by atoms with Gasteiger partial charge >= 0.3 is 6.03 Å². The van der Waals surface area contributed by atoms with Gasteiger partial charge in [0.25, 0.3) is 0 Å². The van der Waals surface area contributed by atoms with Gasteiger partial charge in [0.2, 0.25) is 0 Å². The summed E-state index contributed by atoms with van der Waals surface area (Å²) in [6.45, 7) is 0.402. The van der Waals surface area contributed by atoms with Crippen molar-refractivity contribution < 1.29 is 13.2 Å². The molecule has 1 fully saturated rings. The van der Waals surface area contributed by atoms with Crippen molar-refractivity contribution in [2.45, 2.75) is 12.8 Å². The van der Waals surface area contributed by atoms with E-state index in [2.05, 4.69) is 10.6 Å². The Morgan fingerprint density at radius 3 is 2.42 bits per heavy atom. The van der Waals surface area contributed by atoms with E-state index in [1.165, 1.54) is 6.26 Å². The minimum Gasteiger partial charge on any atom is -0.337 e. The predicted octanol–water partition coefficient (Wildman–Crippen LogP) is 1.63. The van der Waals surface area contributed by atoms with Gasteiger partial charge in [0, 0.05) is 23.9 Å². The molecule has 1 aliphatic rings. The van der Waals surface area contributed by atoms with Gasteiger partial charge < -0.3 is 10.6 Å². The third kappa shape index (κ3) is 4.55. The number of nitrogens with one attached hydrogen (secondary N) is 2. The Kier molecular flexibility index (Phi) is 3.80. The first-order chi connectivity index (χ1) is 8.89. The number of urea groups is 1. The number of benzene rings is 1. The van der Waals surface area contributed by atoms with Crippen molar-refractivity contribution in [3.63, 3.8) is 0 Å². The summed E-state index contributed by atoms with van der Waals surface area (Å²) in [5, 5.41) is 5.45. The molecular formula is C13H18N2O3S. The summed E-state index contributed by atoms with van der Waals surface area (Å²) in [6.07, 6.45) is 2.94. The SMILES string of the molecule is CS(=O)(=O)CC1(CNC(=O)Nc2ccccc2)CC1. The maximum absolute atomic E-state index is 11.7. The van der Waals surface area contributed by atoms with Crippen molar-refractivity contribution in [2.24, 2.45) is 5.41 Å². The molecule has 0 aliphatic heterocycles. The number of sulfone groups is 1. The maximum Gasteiger partial charge on any atom is 0.319 e. The summed E-state index contributed by atoms with van der Waals surface area (Å²) < 4.78 is 22.6. The lowest BCUT2D eigenvalue weighted by Gasteiger charge is -2.15. The predicted molar refractivity (Wildman–Crippen MR) is 74.8 cm³/mol. The van der Waals surface area contributed by atoms with E-state index in [4.69, 9.17) is 0 Å². The van der Waals surface area contributed by atoms with Gasteiger partial charge in [0.1, 0.15) is 9.84 Å². The Hall–Kier alpha value is -1.56. The van der Waals surface area contributed by atoms with E-state index in [9.17, 15) is 13.2 Å². The number of para-hydroxylation sites is 1. The number of rotatable bonds is 5. The molecule has 2 N–H and O–H groups in total. The second-order valence-corrected chi connectivity index (χ2v) is 7.38. The van der Waals surface area contributed by atoms with Gasteiger partial charge in [-0.2, -0.15) is 0 Å². The van der Waals surface area contributed by atoms with Crippen LogP contribution in [-0.2, 0) is 9.84 Å². The van der Waals surface area contributed by atoms with Gasteiger partial charge in [-0.05, 0) is 25.0 Å². The van der Waals surface area contributed by atoms with Crippen LogP contribution >= 0.6 is 0 Å². The fourth-order valence-electron chi connectivity index (χ4n) is 2.07. The van der Waals surface area contributed by atoms with Crippen LogP contribution in [0.3, 0.4) is 0 Å². The second kappa shape index (κ2) is 5.21. The van der Waals surface area contributed by atoms with Crippen LogP contribution in [-0.4, -0.2) is 33.0 Å². The first-order valence-electron chi connectivity index (χ1n) is 6.16. The molecule has 1 saturated carbocycles. The van der Waals surface area contributed by atoms with Crippen molar-refractivity contribution in [1.29, 1.82) is 0 Å². The van der Waals surface area contributed by atoms with E-state index >= 15 is 0 Å². The molecule has 1 aromatic carbocycles. The molecule has 6 heteroatoms. The van der Waals surface area contributed by atoms with Crippen molar-refractivity contribution in [3.05, 3.63) is 30.3 Å². The van der Waals surface area contributed by atoms with Gasteiger partial charge in [0.05, 0.1) is 5.75 Å². The smallest absolute Gasteiger partial charge is 0.319 e. The molecule has 0 spiro atoms. The molecule has 1 aliphatic carbocycles. The highest BCUT2D eigenvalue weighted by Gasteiger charge is 2.45. The minimum atomic E-state index is -3.00. The van der Waals surface area contributed by atoms with Crippen LogP contribution in [0.4, 0.5) is 10.5 Å². The summed E-state index contributed by atoms with van der Waals surface area (Å²) in [5.41, 5.74) is 0.467. The molecular weight excluding hydrogens is 264 g/mol. The van der Waals surface area contributed by atoms with Crippen LogP contribution in [0.5, 0.6) is 0 Å². The molecule has 0 aromatic heterocycles. The van der Waals surface area contributed by atoms with Crippen molar-refractivity contribution in [1.82, 2.24) is 5.32 Å². The molecule has 2 rings (SSSR count). The zero-order valence-electron chi connectivity index (χ0n) is 10.8. The van der Waals surface area contributed by atoms with Crippen LogP contribution in [0.2, 0.25) is 0 Å². The summed E-state index contributed by atoms with van der Waals surface area (Å²) in [5.74, 6) is 0.144. The number of carbonyl (C=O) groups is 1. The van der Waals surface area contributed by atoms with Gasteiger partial charge in [-0.1, -0.05) is 18.2 Å². The minimum absolute atomic E-state index is 0.144. The molecule has 5 nitrogen and oxygen atoms in total. The molecule has 0 atom stereocenters. The Morgan fingerprint density at radius 2 is 1.89 bits per heavy atom. The first kappa shape index (κ1) is 13.9. The Bertz CT molecular complexity index is 551. The molecule has 1 aromatic rings. The number of anilines is 1. The lowest BCUT2D eigenvalue weighted by molar-refractivity contribution is 0.250. The Labute approximate surface area is 113 Å². The van der Waals surface area contributed by atoms with E-state index < -0.39 is 9.84 Å². The molecule has 0 bridgehead atoms. The second-order valence-electron chi connectivity index (χ2n) is 5.24. The van der Waals surface area contributed by atoms with Crippen molar-refractivity contribution in [3.8, 4) is 0 Å². The van der Waals surface area contributed by atoms with Crippen LogP contribution in [0.25, 0.3) is 0 Å². The lowest BCUT2D eigenvalue weighted by atomic mass is 10.1. The van der Waals surface area contributed by atoms with E-state index in [0.29, 0.717) is 12.2 Å². The molecule has 104 valence electrons. The fourth-order valence-corrected chi connectivity index (χ4v) is 3.57. The van der Waals surface area contributed by atoms with E-state index in [1.807, 2.05) is 18.2 Å². The number of hydrogen-bond acceptors (Lipinski definition) is 3. The highest BCUT2D eigenvalue weighted by molar-refractivity contribution is 7.90. The normalized spacial score (nSPS) is 16.7. The zero-order chi connectivity index (χ0) is 13.9. The highest BCUT2D eigenvalue weighted by atomic mass is 32.2. The van der Waals surface area contributed by atoms with Gasteiger partial charge in [-0.25, -0.2) is 13.2 Å². The monoisotopic (exact) mass is 282 g/mol. The van der Waals surface area contributed by atoms with Crippen LogP contribution in [0.15, 0.2) is 30.3 Å². The average molecular weight is 282 g/mol. The Morgan fingerprint density at radius 1 is 1.26 bits per heavy atom. The molecule has 0 radical (unpaired) electrons. The molecule has 2 amide bonds. The lowest BCUT2D eigenvalue weighted by Crippen LogP contribution is -2.36. The van der Waals surface area contributed by atoms with Gasteiger partial charge in [0.15, 0.2) is 0 Å². The van der Waals surface area contributed by atoms with Gasteiger partial charge in [-0.3, -0.25) is 0 Å². The summed E-state index contributed by atoms with van der Waals surface area (Å²) in [6, 6.07) is 8.83. The summed E-state index contributed by atoms with van der Waals surface area (Å²) in [4.78, 5) is 11.7. The number of carbonyl (C=O) groups excluding carboxylic acids is 1. The topological polar surface area (TPSA) is 75.3 Å². The quantitative estimate of drug-likeness (QED) is 0.862. The van der Waals surface area contributed by atoms with E-state index in [-0.39, 0.29) is 17.2 Å². The summed E-state index contributed by atoms with van der Waals surface area (Å²) in [7, 11) is -3.00. The largest absolute Gasteiger partial charge is 0.337 e. The third-order valence-electron chi connectivity index (χ3n) is 3.18. The van der Waals surface area contributed by atoms with E-state index in [0.717, 1.165) is 12.8 Å². The highest BCUT2D eigenvalue weighted by Crippen LogP contribution is 2.45. The maximum atomic E-state index is 11.7. The van der Waals surface area contributed by atoms with Crippen LogP contribution in [0.1, 0.15) is 12.8 Å². The molecule has 0 heterocycles. The van der Waals surface area contributed by atoms with Crippen LogP contribution in [0, 0.1) is 5.41 Å². The number of amides is 2. The van der Waals surface area contributed by atoms with E-state index in [1.54, 1.807) is 12.1 Å². The van der Waals surface area contributed by atoms with Crippen molar-refractivity contribution in [2.75, 3.05) is 23.9 Å². The van der Waals surface area contributed by atoms with Gasteiger partial charge in [-0.15, -0.1) is 0 Å².